The Kier molecular flexibility index (Phi) is 5.82. The lowest BCUT2D eigenvalue weighted by Crippen LogP contribution is -2.47. The number of nitrogens with one attached hydrogen (secondary N) is 1. The Bertz CT molecular complexity index is 593. The Labute approximate surface area is 136 Å². The molecule has 0 spiro atoms. The summed E-state index contributed by atoms with van der Waals surface area (Å²) in [7, 11) is -3.15. The van der Waals surface area contributed by atoms with Crippen LogP contribution in [-0.4, -0.2) is 44.6 Å². The molecule has 7 heteroatoms. The highest BCUT2D eigenvalue weighted by atomic mass is 35.5. The minimum Gasteiger partial charge on any atom is -0.352 e. The third-order valence-corrected chi connectivity index (χ3v) is 6.45. The molecule has 0 bridgehead atoms. The van der Waals surface area contributed by atoms with Crippen molar-refractivity contribution in [3.05, 3.63) is 28.8 Å². The number of thioether (sulfide) groups is 1. The molecule has 1 aromatic carbocycles. The van der Waals surface area contributed by atoms with Crippen molar-refractivity contribution in [3.8, 4) is 0 Å². The highest BCUT2D eigenvalue weighted by Crippen LogP contribution is 2.35. The van der Waals surface area contributed by atoms with Gasteiger partial charge in [-0.2, -0.15) is 11.8 Å². The summed E-state index contributed by atoms with van der Waals surface area (Å²) in [6, 6.07) is 5.74. The highest BCUT2D eigenvalue weighted by molar-refractivity contribution is 8.01. The van der Waals surface area contributed by atoms with Crippen LogP contribution in [-0.2, 0) is 16.4 Å². The fourth-order valence-electron chi connectivity index (χ4n) is 2.48. The van der Waals surface area contributed by atoms with Crippen LogP contribution in [0.25, 0.3) is 0 Å². The third-order valence-electron chi connectivity index (χ3n) is 3.50. The van der Waals surface area contributed by atoms with E-state index in [0.29, 0.717) is 23.9 Å². The zero-order valence-corrected chi connectivity index (χ0v) is 14.7. The summed E-state index contributed by atoms with van der Waals surface area (Å²) in [6.45, 7) is 4.29. The number of hydrogen-bond donors (Lipinski definition) is 1. The first-order valence-electron chi connectivity index (χ1n) is 6.96. The van der Waals surface area contributed by atoms with Crippen LogP contribution in [0.15, 0.2) is 18.2 Å². The highest BCUT2D eigenvalue weighted by Gasteiger charge is 2.33. The van der Waals surface area contributed by atoms with E-state index in [1.165, 1.54) is 6.26 Å². The van der Waals surface area contributed by atoms with Gasteiger partial charge < -0.3 is 10.2 Å². The molecule has 21 heavy (non-hydrogen) atoms. The van der Waals surface area contributed by atoms with Gasteiger partial charge >= 0.3 is 0 Å². The standard InChI is InChI=1S/C14H21ClN2O2S2/c1-3-16-9-11-5-4-6-12(15)14(11)17-7-8-20-10-13(17)21(2,18)19/h4-6,13,16H,3,7-10H2,1-2H3. The lowest BCUT2D eigenvalue weighted by atomic mass is 10.1. The van der Waals surface area contributed by atoms with Gasteiger partial charge in [0.2, 0.25) is 0 Å². The van der Waals surface area contributed by atoms with Crippen molar-refractivity contribution in [2.75, 3.05) is 35.8 Å². The zero-order chi connectivity index (χ0) is 15.5. The predicted molar refractivity (Wildman–Crippen MR) is 92.1 cm³/mol. The molecule has 1 fully saturated rings. The molecule has 2 rings (SSSR count). The number of halogens is 1. The number of para-hydroxylation sites is 1. The lowest BCUT2D eigenvalue weighted by Gasteiger charge is -2.37. The van der Waals surface area contributed by atoms with Gasteiger partial charge in [0.15, 0.2) is 9.84 Å². The van der Waals surface area contributed by atoms with Crippen molar-refractivity contribution >= 4 is 38.9 Å². The summed E-state index contributed by atoms with van der Waals surface area (Å²) < 4.78 is 24.2. The van der Waals surface area contributed by atoms with Crippen molar-refractivity contribution in [2.45, 2.75) is 18.8 Å². The van der Waals surface area contributed by atoms with Crippen LogP contribution in [0.4, 0.5) is 5.69 Å². The van der Waals surface area contributed by atoms with Gasteiger partial charge in [-0.05, 0) is 18.2 Å². The van der Waals surface area contributed by atoms with Crippen molar-refractivity contribution < 1.29 is 8.42 Å². The first kappa shape index (κ1) is 16.9. The fourth-order valence-corrected chi connectivity index (χ4v) is 5.60. The molecule has 1 saturated heterocycles. The van der Waals surface area contributed by atoms with Crippen LogP contribution in [0.2, 0.25) is 5.02 Å². The van der Waals surface area contributed by atoms with Gasteiger partial charge in [-0.25, -0.2) is 8.42 Å². The minimum atomic E-state index is -3.15. The lowest BCUT2D eigenvalue weighted by molar-refractivity contribution is 0.584. The summed E-state index contributed by atoms with van der Waals surface area (Å²) in [5.74, 6) is 1.50. The second-order valence-corrected chi connectivity index (χ2v) is 8.84. The first-order valence-corrected chi connectivity index (χ1v) is 10.4. The molecule has 1 N–H and O–H groups in total. The van der Waals surface area contributed by atoms with E-state index in [2.05, 4.69) is 5.32 Å². The number of sulfone groups is 1. The minimum absolute atomic E-state index is 0.503. The molecular weight excluding hydrogens is 328 g/mol. The number of benzene rings is 1. The molecule has 4 nitrogen and oxygen atoms in total. The SMILES string of the molecule is CCNCc1cccc(Cl)c1N1CCSCC1S(C)(=O)=O. The Hall–Kier alpha value is -0.430. The number of nitrogens with zero attached hydrogens (tertiary/aromatic N) is 1. The van der Waals surface area contributed by atoms with Crippen molar-refractivity contribution in [3.63, 3.8) is 0 Å². The van der Waals surface area contributed by atoms with E-state index in [9.17, 15) is 8.42 Å². The zero-order valence-electron chi connectivity index (χ0n) is 12.3. The maximum Gasteiger partial charge on any atom is 0.169 e. The quantitative estimate of drug-likeness (QED) is 0.885. The van der Waals surface area contributed by atoms with Crippen LogP contribution in [0.5, 0.6) is 0 Å². The van der Waals surface area contributed by atoms with E-state index in [0.717, 1.165) is 23.5 Å². The second-order valence-electron chi connectivity index (χ2n) is 5.08. The smallest absolute Gasteiger partial charge is 0.169 e. The van der Waals surface area contributed by atoms with Gasteiger partial charge in [-0.3, -0.25) is 0 Å². The van der Waals surface area contributed by atoms with Crippen molar-refractivity contribution in [2.24, 2.45) is 0 Å². The van der Waals surface area contributed by atoms with Crippen LogP contribution in [0.1, 0.15) is 12.5 Å². The largest absolute Gasteiger partial charge is 0.352 e. The molecule has 0 aliphatic carbocycles. The van der Waals surface area contributed by atoms with E-state index in [1.54, 1.807) is 11.8 Å². The van der Waals surface area contributed by atoms with E-state index in [4.69, 9.17) is 11.6 Å². The average Bonchev–Trinajstić information content (AvgIpc) is 2.44. The summed E-state index contributed by atoms with van der Waals surface area (Å²) in [5.41, 5.74) is 1.90. The van der Waals surface area contributed by atoms with Gasteiger partial charge in [0.1, 0.15) is 5.37 Å². The molecule has 0 aromatic heterocycles. The van der Waals surface area contributed by atoms with Gasteiger partial charge in [0, 0.05) is 30.9 Å². The molecule has 1 atom stereocenters. The molecule has 0 amide bonds. The van der Waals surface area contributed by atoms with Gasteiger partial charge in [0.05, 0.1) is 10.7 Å². The maximum absolute atomic E-state index is 12.1. The number of hydrogen-bond acceptors (Lipinski definition) is 5. The van der Waals surface area contributed by atoms with Crippen molar-refractivity contribution in [1.82, 2.24) is 5.32 Å². The normalized spacial score (nSPS) is 19.8. The maximum atomic E-state index is 12.1. The molecule has 0 saturated carbocycles. The van der Waals surface area contributed by atoms with Gasteiger partial charge in [0.25, 0.3) is 0 Å². The van der Waals surface area contributed by atoms with E-state index >= 15 is 0 Å². The third kappa shape index (κ3) is 4.06. The van der Waals surface area contributed by atoms with Crippen molar-refractivity contribution in [1.29, 1.82) is 0 Å². The number of rotatable bonds is 5. The summed E-state index contributed by atoms with van der Waals surface area (Å²) in [6.07, 6.45) is 1.30. The average molecular weight is 349 g/mol. The first-order chi connectivity index (χ1) is 9.95. The van der Waals surface area contributed by atoms with Crippen LogP contribution < -0.4 is 10.2 Å². The molecule has 1 aliphatic rings. The topological polar surface area (TPSA) is 49.4 Å². The monoisotopic (exact) mass is 348 g/mol. The predicted octanol–water partition coefficient (Wildman–Crippen LogP) is 2.37. The molecule has 118 valence electrons. The Balaban J connectivity index is 2.42. The molecule has 0 radical (unpaired) electrons. The van der Waals surface area contributed by atoms with Gasteiger partial charge in [-0.1, -0.05) is 30.7 Å². The van der Waals surface area contributed by atoms with E-state index in [1.807, 2.05) is 30.0 Å². The second kappa shape index (κ2) is 7.22. The molecule has 1 unspecified atom stereocenters. The van der Waals surface area contributed by atoms with E-state index in [-0.39, 0.29) is 0 Å². The Morgan fingerprint density at radius 1 is 1.48 bits per heavy atom. The molecule has 1 aliphatic heterocycles. The fraction of sp³-hybridized carbons (Fsp3) is 0.571. The van der Waals surface area contributed by atoms with Gasteiger partial charge in [-0.15, -0.1) is 0 Å². The number of anilines is 1. The Morgan fingerprint density at radius 2 is 2.24 bits per heavy atom. The molecular formula is C14H21ClN2O2S2. The summed E-state index contributed by atoms with van der Waals surface area (Å²) in [4.78, 5) is 1.96. The van der Waals surface area contributed by atoms with Crippen LogP contribution in [0.3, 0.4) is 0 Å². The summed E-state index contributed by atoms with van der Waals surface area (Å²) in [5, 5.41) is 3.40. The Morgan fingerprint density at radius 3 is 2.90 bits per heavy atom. The molecule has 1 aromatic rings. The van der Waals surface area contributed by atoms with Crippen LogP contribution in [0, 0.1) is 0 Å². The summed E-state index contributed by atoms with van der Waals surface area (Å²) >= 11 is 8.06. The van der Waals surface area contributed by atoms with Crippen LogP contribution >= 0.6 is 23.4 Å². The van der Waals surface area contributed by atoms with E-state index < -0.39 is 15.2 Å². The molecule has 1 heterocycles.